The number of carbonyl (C=O) groups excluding carboxylic acids is 2. The smallest absolute Gasteiger partial charge is 0.444 e. The van der Waals surface area contributed by atoms with Crippen molar-refractivity contribution in [1.29, 1.82) is 0 Å². The number of nitrogens with one attached hydrogen (secondary N) is 1. The van der Waals surface area contributed by atoms with Gasteiger partial charge < -0.3 is 10.1 Å². The number of carbonyl (C=O) groups is 2. The molecule has 1 saturated heterocycles. The van der Waals surface area contributed by atoms with Crippen molar-refractivity contribution >= 4 is 41.6 Å². The summed E-state index contributed by atoms with van der Waals surface area (Å²) in [7, 11) is -3.72. The van der Waals surface area contributed by atoms with Crippen LogP contribution in [0.3, 0.4) is 0 Å². The third-order valence-electron chi connectivity index (χ3n) is 5.38. The summed E-state index contributed by atoms with van der Waals surface area (Å²) in [5.41, 5.74) is -1.26. The summed E-state index contributed by atoms with van der Waals surface area (Å²) in [6, 6.07) is 4.08. The van der Waals surface area contributed by atoms with Crippen molar-refractivity contribution in [2.75, 3.05) is 25.1 Å². The van der Waals surface area contributed by atoms with E-state index in [1.807, 2.05) is 0 Å². The van der Waals surface area contributed by atoms with Gasteiger partial charge in [0.05, 0.1) is 19.8 Å². The molecular weight excluding hydrogens is 517 g/mol. The van der Waals surface area contributed by atoms with Gasteiger partial charge in [-0.15, -0.1) is 0 Å². The third-order valence-corrected chi connectivity index (χ3v) is 7.41. The fraction of sp³-hybridized carbons (Fsp3) is 0.667. The van der Waals surface area contributed by atoms with Gasteiger partial charge in [0, 0.05) is 11.5 Å². The van der Waals surface area contributed by atoms with E-state index in [2.05, 4.69) is 26.2 Å². The molecule has 33 heavy (non-hydrogen) atoms. The van der Waals surface area contributed by atoms with Crippen molar-refractivity contribution in [1.82, 2.24) is 9.88 Å². The quantitative estimate of drug-likeness (QED) is 0.347. The predicted octanol–water partition coefficient (Wildman–Crippen LogP) is 4.75. The highest BCUT2D eigenvalue weighted by Crippen LogP contribution is 2.62. The Morgan fingerprint density at radius 2 is 1.88 bits per heavy atom. The lowest BCUT2D eigenvalue weighted by molar-refractivity contribution is -0.121. The summed E-state index contributed by atoms with van der Waals surface area (Å²) in [5.74, 6) is -0.0163. The van der Waals surface area contributed by atoms with Crippen molar-refractivity contribution in [2.45, 2.75) is 65.1 Å². The lowest BCUT2D eigenvalue weighted by atomic mass is 10.0. The summed E-state index contributed by atoms with van der Waals surface area (Å²) in [6.45, 7) is 9.08. The van der Waals surface area contributed by atoms with E-state index in [-0.39, 0.29) is 31.8 Å². The second-order valence-corrected chi connectivity index (χ2v) is 11.6. The first-order chi connectivity index (χ1) is 15.4. The molecule has 0 spiro atoms. The molecule has 1 N–H and O–H groups in total. The molecule has 2 amide bonds. The van der Waals surface area contributed by atoms with Gasteiger partial charge in [-0.05, 0) is 75.5 Å². The molecule has 0 radical (unpaired) electrons. The molecule has 1 saturated carbocycles. The maximum atomic E-state index is 13.2. The van der Waals surface area contributed by atoms with E-state index in [1.165, 1.54) is 4.90 Å². The van der Waals surface area contributed by atoms with Crippen molar-refractivity contribution in [2.24, 2.45) is 5.41 Å². The largest absolute Gasteiger partial charge is 0.474 e. The Kier molecular flexibility index (Phi) is 7.90. The van der Waals surface area contributed by atoms with Crippen LogP contribution < -0.4 is 5.32 Å². The molecule has 0 bridgehead atoms. The van der Waals surface area contributed by atoms with Crippen LogP contribution in [0.2, 0.25) is 0 Å². The van der Waals surface area contributed by atoms with Crippen LogP contribution in [0.25, 0.3) is 0 Å². The van der Waals surface area contributed by atoms with Crippen molar-refractivity contribution in [3.05, 3.63) is 22.8 Å². The van der Waals surface area contributed by atoms with Crippen molar-refractivity contribution in [3.63, 3.8) is 0 Å². The molecule has 2 aliphatic rings. The number of amides is 2. The number of rotatable bonds is 9. The summed E-state index contributed by atoms with van der Waals surface area (Å²) in [5, 5.41) is 2.77. The van der Waals surface area contributed by atoms with Gasteiger partial charge in [0.25, 0.3) is 0 Å². The molecule has 2 heterocycles. The number of hydrogen-bond acceptors (Lipinski definition) is 8. The van der Waals surface area contributed by atoms with E-state index >= 15 is 0 Å². The van der Waals surface area contributed by atoms with Crippen LogP contribution in [0.15, 0.2) is 22.8 Å². The van der Waals surface area contributed by atoms with Crippen LogP contribution in [0.5, 0.6) is 0 Å². The fourth-order valence-electron chi connectivity index (χ4n) is 3.96. The molecule has 1 aliphatic heterocycles. The fourth-order valence-corrected chi connectivity index (χ4v) is 5.58. The molecule has 3 atom stereocenters. The number of anilines is 1. The summed E-state index contributed by atoms with van der Waals surface area (Å²) >= 11 is 3.28. The molecular formula is C21H31BrN3O7P. The standard InChI is InChI=1S/C21H31BrN3O7P/c1-6-29-33(28,30-7-2)31-13-21-11-14(18(26)24-17-10-8-9-16(22)23-17)25(15(21)12-21)19(27)32-20(3,4)5/h8-10,14-15H,6-7,11-13H2,1-5H3,(H,23,24,26)/t14-,15?,21?/m0/s1. The average Bonchev–Trinajstić information content (AvgIpc) is 3.29. The number of nitrogens with zero attached hydrogens (tertiary/aromatic N) is 2. The molecule has 2 fully saturated rings. The number of hydrogen-bond donors (Lipinski definition) is 1. The second-order valence-electron chi connectivity index (χ2n) is 9.08. The highest BCUT2D eigenvalue weighted by atomic mass is 79.9. The number of fused-ring (bicyclic) bond motifs is 1. The van der Waals surface area contributed by atoms with E-state index in [4.69, 9.17) is 18.3 Å². The number of halogens is 1. The molecule has 1 aliphatic carbocycles. The van der Waals surface area contributed by atoms with E-state index in [0.717, 1.165) is 0 Å². The number of phosphoric ester groups is 1. The first-order valence-corrected chi connectivity index (χ1v) is 13.2. The summed E-state index contributed by atoms with van der Waals surface area (Å²) in [6.07, 6.45) is 0.352. The van der Waals surface area contributed by atoms with Gasteiger partial charge in [-0.1, -0.05) is 6.07 Å². The zero-order valence-electron chi connectivity index (χ0n) is 19.5. The molecule has 2 unspecified atom stereocenters. The minimum atomic E-state index is -3.72. The molecule has 1 aromatic rings. The topological polar surface area (TPSA) is 116 Å². The Hall–Kier alpha value is -1.52. The number of ether oxygens (including phenoxy) is 1. The minimum absolute atomic E-state index is 0.0349. The molecule has 1 aromatic heterocycles. The zero-order chi connectivity index (χ0) is 24.4. The second kappa shape index (κ2) is 10.00. The lowest BCUT2D eigenvalue weighted by Gasteiger charge is -2.29. The molecule has 12 heteroatoms. The third kappa shape index (κ3) is 6.33. The Morgan fingerprint density at radius 3 is 2.45 bits per heavy atom. The Bertz CT molecular complexity index is 931. The van der Waals surface area contributed by atoms with Crippen LogP contribution in [0.1, 0.15) is 47.5 Å². The van der Waals surface area contributed by atoms with Crippen molar-refractivity contribution < 1.29 is 32.5 Å². The Balaban J connectivity index is 1.78. The van der Waals surface area contributed by atoms with Crippen LogP contribution >= 0.6 is 23.8 Å². The van der Waals surface area contributed by atoms with Gasteiger partial charge in [0.2, 0.25) is 5.91 Å². The van der Waals surface area contributed by atoms with Gasteiger partial charge in [0.15, 0.2) is 0 Å². The van der Waals surface area contributed by atoms with E-state index < -0.39 is 31.0 Å². The van der Waals surface area contributed by atoms with Gasteiger partial charge in [0.1, 0.15) is 22.1 Å². The van der Waals surface area contributed by atoms with Gasteiger partial charge in [-0.2, -0.15) is 0 Å². The zero-order valence-corrected chi connectivity index (χ0v) is 22.0. The molecule has 10 nitrogen and oxygen atoms in total. The SMILES string of the molecule is CCOP(=O)(OCC)OCC12CC1N(C(=O)OC(C)(C)C)[C@H](C(=O)Nc1cccc(Br)n1)C2. The monoisotopic (exact) mass is 547 g/mol. The van der Waals surface area contributed by atoms with Gasteiger partial charge in [-0.25, -0.2) is 14.3 Å². The van der Waals surface area contributed by atoms with Crippen LogP contribution in [-0.2, 0) is 27.7 Å². The van der Waals surface area contributed by atoms with Gasteiger partial charge >= 0.3 is 13.9 Å². The number of pyridine rings is 1. The molecule has 0 aromatic carbocycles. The Morgan fingerprint density at radius 1 is 1.21 bits per heavy atom. The maximum absolute atomic E-state index is 13.2. The summed E-state index contributed by atoms with van der Waals surface area (Å²) in [4.78, 5) is 31.9. The normalized spacial score (nSPS) is 24.4. The first-order valence-electron chi connectivity index (χ1n) is 10.9. The lowest BCUT2D eigenvalue weighted by Crippen LogP contribution is -2.47. The highest BCUT2D eigenvalue weighted by Gasteiger charge is 2.68. The number of piperidine rings is 1. The summed E-state index contributed by atoms with van der Waals surface area (Å²) < 4.78 is 34.9. The van der Waals surface area contributed by atoms with Crippen molar-refractivity contribution in [3.8, 4) is 0 Å². The molecule has 184 valence electrons. The van der Waals surface area contributed by atoms with Crippen LogP contribution in [0, 0.1) is 5.41 Å². The van der Waals surface area contributed by atoms with E-state index in [9.17, 15) is 14.2 Å². The van der Waals surface area contributed by atoms with E-state index in [0.29, 0.717) is 23.3 Å². The van der Waals surface area contributed by atoms with Crippen LogP contribution in [0.4, 0.5) is 10.6 Å². The predicted molar refractivity (Wildman–Crippen MR) is 125 cm³/mol. The number of aromatic nitrogens is 1. The van der Waals surface area contributed by atoms with Gasteiger partial charge in [-0.3, -0.25) is 23.3 Å². The molecule has 3 rings (SSSR count). The minimum Gasteiger partial charge on any atom is -0.444 e. The van der Waals surface area contributed by atoms with E-state index in [1.54, 1.807) is 52.8 Å². The highest BCUT2D eigenvalue weighted by molar-refractivity contribution is 9.10. The Labute approximate surface area is 202 Å². The average molecular weight is 548 g/mol. The van der Waals surface area contributed by atoms with Crippen LogP contribution in [-0.4, -0.2) is 59.4 Å². The first kappa shape index (κ1) is 26.1. The maximum Gasteiger partial charge on any atom is 0.474 e. The number of phosphoric acid groups is 1. The number of likely N-dealkylation sites (tertiary alicyclic amines) is 1.